The largest absolute Gasteiger partial charge is 0.465 e. The lowest BCUT2D eigenvalue weighted by atomic mass is 9.88. The van der Waals surface area contributed by atoms with Crippen molar-refractivity contribution in [2.24, 2.45) is 0 Å². The lowest BCUT2D eigenvalue weighted by Gasteiger charge is -2.33. The number of benzene rings is 1. The fourth-order valence-corrected chi connectivity index (χ4v) is 2.95. The smallest absolute Gasteiger partial charge is 0.408 e. The molecule has 4 heteroatoms. The molecule has 1 aromatic carbocycles. The summed E-state index contributed by atoms with van der Waals surface area (Å²) in [5, 5.41) is 9.47. The Morgan fingerprint density at radius 2 is 2.25 bits per heavy atom. The van der Waals surface area contributed by atoms with Crippen LogP contribution < -0.4 is 0 Å². The second-order valence-electron chi connectivity index (χ2n) is 5.14. The zero-order valence-electron chi connectivity index (χ0n) is 11.8. The molecule has 20 heavy (non-hydrogen) atoms. The molecule has 1 amide bonds. The van der Waals surface area contributed by atoms with Gasteiger partial charge in [0, 0.05) is 13.0 Å². The maximum absolute atomic E-state index is 11.5. The summed E-state index contributed by atoms with van der Waals surface area (Å²) in [6.45, 7) is 6.80. The number of hydrogen-bond donors (Lipinski definition) is 1. The van der Waals surface area contributed by atoms with Crippen LogP contribution in [0.15, 0.2) is 43.0 Å². The lowest BCUT2D eigenvalue weighted by molar-refractivity contribution is 0.0679. The molecule has 0 aromatic heterocycles. The van der Waals surface area contributed by atoms with Crippen molar-refractivity contribution in [1.29, 1.82) is 0 Å². The normalized spacial score (nSPS) is 25.6. The Bertz CT molecular complexity index is 474. The van der Waals surface area contributed by atoms with Crippen molar-refractivity contribution in [3.05, 3.63) is 48.6 Å². The van der Waals surface area contributed by atoms with E-state index in [-0.39, 0.29) is 6.10 Å². The number of rotatable bonds is 5. The number of ether oxygens (including phenoxy) is 1. The summed E-state index contributed by atoms with van der Waals surface area (Å²) in [4.78, 5) is 13.0. The van der Waals surface area contributed by atoms with Crippen molar-refractivity contribution in [2.45, 2.75) is 31.4 Å². The fourth-order valence-electron chi connectivity index (χ4n) is 2.95. The summed E-state index contributed by atoms with van der Waals surface area (Å²) in [6, 6.07) is 9.91. The summed E-state index contributed by atoms with van der Waals surface area (Å²) in [6.07, 6.45) is 2.08. The molecule has 1 heterocycles. The van der Waals surface area contributed by atoms with E-state index >= 15 is 0 Å². The fraction of sp³-hybridized carbons (Fsp3) is 0.438. The van der Waals surface area contributed by atoms with Crippen molar-refractivity contribution in [2.75, 3.05) is 13.2 Å². The van der Waals surface area contributed by atoms with Gasteiger partial charge in [-0.25, -0.2) is 4.79 Å². The molecule has 4 nitrogen and oxygen atoms in total. The molecule has 0 aliphatic carbocycles. The van der Waals surface area contributed by atoms with Crippen molar-refractivity contribution < 1.29 is 14.6 Å². The number of likely N-dealkylation sites (tertiary alicyclic amines) is 1. The average molecular weight is 275 g/mol. The molecule has 0 bridgehead atoms. The third kappa shape index (κ3) is 2.85. The van der Waals surface area contributed by atoms with Gasteiger partial charge < -0.3 is 9.84 Å². The molecule has 0 radical (unpaired) electrons. The van der Waals surface area contributed by atoms with E-state index < -0.39 is 11.6 Å². The minimum Gasteiger partial charge on any atom is -0.465 e. The Balaban J connectivity index is 2.26. The zero-order valence-corrected chi connectivity index (χ0v) is 11.8. The van der Waals surface area contributed by atoms with Gasteiger partial charge in [0.1, 0.15) is 0 Å². The van der Waals surface area contributed by atoms with Crippen molar-refractivity contribution >= 4 is 6.09 Å². The molecule has 1 aliphatic rings. The van der Waals surface area contributed by atoms with E-state index in [9.17, 15) is 9.90 Å². The average Bonchev–Trinajstić information content (AvgIpc) is 2.80. The van der Waals surface area contributed by atoms with Gasteiger partial charge in [-0.05, 0) is 18.9 Å². The van der Waals surface area contributed by atoms with Crippen molar-refractivity contribution in [3.8, 4) is 0 Å². The first kappa shape index (κ1) is 14.6. The van der Waals surface area contributed by atoms with Crippen LogP contribution in [0.5, 0.6) is 0 Å². The predicted octanol–water partition coefficient (Wildman–Crippen LogP) is 2.94. The quantitative estimate of drug-likeness (QED) is 0.841. The summed E-state index contributed by atoms with van der Waals surface area (Å²) >= 11 is 0. The zero-order chi connectivity index (χ0) is 14.6. The van der Waals surface area contributed by atoms with E-state index in [4.69, 9.17) is 4.74 Å². The van der Waals surface area contributed by atoms with E-state index in [0.717, 1.165) is 5.56 Å². The topological polar surface area (TPSA) is 49.8 Å². The molecule has 2 rings (SSSR count). The highest BCUT2D eigenvalue weighted by Crippen LogP contribution is 2.35. The SMILES string of the molecule is C=CC1(Cc2ccccc2)C[C@@H](OCC)CN1C(=O)O. The van der Waals surface area contributed by atoms with Gasteiger partial charge in [-0.15, -0.1) is 6.58 Å². The van der Waals surface area contributed by atoms with Crippen LogP contribution in [0, 0.1) is 0 Å². The summed E-state index contributed by atoms with van der Waals surface area (Å²) in [5.41, 5.74) is 0.531. The van der Waals surface area contributed by atoms with E-state index in [0.29, 0.717) is 26.0 Å². The number of carbonyl (C=O) groups is 1. The Labute approximate surface area is 119 Å². The Morgan fingerprint density at radius 3 is 2.80 bits per heavy atom. The molecule has 0 spiro atoms. The number of amides is 1. The highest BCUT2D eigenvalue weighted by molar-refractivity contribution is 5.67. The molecule has 2 atom stereocenters. The van der Waals surface area contributed by atoms with Gasteiger partial charge in [0.15, 0.2) is 0 Å². The highest BCUT2D eigenvalue weighted by Gasteiger charge is 2.46. The number of carboxylic acid groups (broad SMARTS) is 1. The monoisotopic (exact) mass is 275 g/mol. The third-order valence-corrected chi connectivity index (χ3v) is 3.87. The van der Waals surface area contributed by atoms with Crippen LogP contribution in [0.2, 0.25) is 0 Å². The van der Waals surface area contributed by atoms with Crippen LogP contribution in [-0.4, -0.2) is 40.9 Å². The molecule has 1 N–H and O–H groups in total. The first-order valence-corrected chi connectivity index (χ1v) is 6.91. The molecule has 1 aliphatic heterocycles. The number of hydrogen-bond acceptors (Lipinski definition) is 2. The predicted molar refractivity (Wildman–Crippen MR) is 77.8 cm³/mol. The van der Waals surface area contributed by atoms with Crippen LogP contribution in [0.25, 0.3) is 0 Å². The van der Waals surface area contributed by atoms with Gasteiger partial charge in [-0.3, -0.25) is 4.90 Å². The minimum absolute atomic E-state index is 0.0576. The van der Waals surface area contributed by atoms with Crippen LogP contribution in [0.3, 0.4) is 0 Å². The first-order valence-electron chi connectivity index (χ1n) is 6.91. The van der Waals surface area contributed by atoms with Gasteiger partial charge in [0.25, 0.3) is 0 Å². The summed E-state index contributed by atoms with van der Waals surface area (Å²) in [7, 11) is 0. The second-order valence-corrected chi connectivity index (χ2v) is 5.14. The molecule has 1 saturated heterocycles. The van der Waals surface area contributed by atoms with E-state index in [1.807, 2.05) is 37.3 Å². The molecule has 108 valence electrons. The molecular formula is C16H21NO3. The Hall–Kier alpha value is -1.81. The lowest BCUT2D eigenvalue weighted by Crippen LogP contribution is -2.46. The molecule has 1 aromatic rings. The molecular weight excluding hydrogens is 254 g/mol. The van der Waals surface area contributed by atoms with E-state index in [1.54, 1.807) is 6.08 Å². The summed E-state index contributed by atoms with van der Waals surface area (Å²) in [5.74, 6) is 0. The summed E-state index contributed by atoms with van der Waals surface area (Å²) < 4.78 is 5.63. The Morgan fingerprint density at radius 1 is 1.55 bits per heavy atom. The number of nitrogens with zero attached hydrogens (tertiary/aromatic N) is 1. The van der Waals surface area contributed by atoms with Gasteiger partial charge >= 0.3 is 6.09 Å². The third-order valence-electron chi connectivity index (χ3n) is 3.87. The van der Waals surface area contributed by atoms with Gasteiger partial charge in [-0.2, -0.15) is 0 Å². The van der Waals surface area contributed by atoms with E-state index in [1.165, 1.54) is 4.90 Å². The van der Waals surface area contributed by atoms with Gasteiger partial charge in [-0.1, -0.05) is 36.4 Å². The van der Waals surface area contributed by atoms with Gasteiger partial charge in [0.2, 0.25) is 0 Å². The van der Waals surface area contributed by atoms with Crippen LogP contribution in [0.4, 0.5) is 4.79 Å². The second kappa shape index (κ2) is 6.09. The van der Waals surface area contributed by atoms with E-state index in [2.05, 4.69) is 6.58 Å². The molecule has 0 saturated carbocycles. The maximum Gasteiger partial charge on any atom is 0.408 e. The maximum atomic E-state index is 11.5. The Kier molecular flexibility index (Phi) is 4.45. The van der Waals surface area contributed by atoms with Crippen molar-refractivity contribution in [3.63, 3.8) is 0 Å². The van der Waals surface area contributed by atoms with Crippen LogP contribution in [0.1, 0.15) is 18.9 Å². The van der Waals surface area contributed by atoms with Crippen molar-refractivity contribution in [1.82, 2.24) is 4.90 Å². The van der Waals surface area contributed by atoms with Crippen LogP contribution >= 0.6 is 0 Å². The standard InChI is InChI=1S/C16H21NO3/c1-3-16(10-13-8-6-5-7-9-13)11-14(20-4-2)12-17(16)15(18)19/h3,5-9,14H,1,4,10-12H2,2H3,(H,18,19)/t14-,16?/m1/s1. The molecule has 1 fully saturated rings. The minimum atomic E-state index is -0.914. The van der Waals surface area contributed by atoms with Gasteiger partial charge in [0.05, 0.1) is 18.2 Å². The van der Waals surface area contributed by atoms with Crippen LogP contribution in [-0.2, 0) is 11.2 Å². The molecule has 1 unspecified atom stereocenters. The first-order chi connectivity index (χ1) is 9.61. The highest BCUT2D eigenvalue weighted by atomic mass is 16.5.